The molecule has 6 heteroatoms. The summed E-state index contributed by atoms with van der Waals surface area (Å²) in [6.07, 6.45) is 2.95. The lowest BCUT2D eigenvalue weighted by molar-refractivity contribution is -0.137. The van der Waals surface area contributed by atoms with Gasteiger partial charge in [-0.2, -0.15) is 0 Å². The second kappa shape index (κ2) is 9.23. The van der Waals surface area contributed by atoms with Crippen molar-refractivity contribution in [2.45, 2.75) is 6.92 Å². The Morgan fingerprint density at radius 3 is 2.64 bits per heavy atom. The molecular formula is C22H19NO5. The third-order valence-electron chi connectivity index (χ3n) is 3.61. The van der Waals surface area contributed by atoms with Gasteiger partial charge in [-0.25, -0.2) is 4.79 Å². The lowest BCUT2D eigenvalue weighted by Crippen LogP contribution is -2.10. The maximum atomic E-state index is 12.4. The number of hydrogen-bond donors (Lipinski definition) is 1. The smallest absolute Gasteiger partial charge is 0.330 e. The Labute approximate surface area is 162 Å². The number of amides is 1. The number of para-hydroxylation sites is 1. The number of ether oxygens (including phenoxy) is 2. The lowest BCUT2D eigenvalue weighted by atomic mass is 10.2. The maximum absolute atomic E-state index is 12.4. The summed E-state index contributed by atoms with van der Waals surface area (Å²) in [5.41, 5.74) is 1.32. The van der Waals surface area contributed by atoms with Gasteiger partial charge in [0.2, 0.25) is 0 Å². The molecule has 1 N–H and O–H groups in total. The van der Waals surface area contributed by atoms with Crippen LogP contribution >= 0.6 is 0 Å². The first-order valence-electron chi connectivity index (χ1n) is 8.73. The van der Waals surface area contributed by atoms with E-state index in [-0.39, 0.29) is 11.7 Å². The fraction of sp³-hybridized carbons (Fsp3) is 0.0909. The van der Waals surface area contributed by atoms with E-state index in [1.165, 1.54) is 12.1 Å². The van der Waals surface area contributed by atoms with Crippen molar-refractivity contribution in [3.63, 3.8) is 0 Å². The summed E-state index contributed by atoms with van der Waals surface area (Å²) in [6.45, 7) is 2.06. The van der Waals surface area contributed by atoms with E-state index in [0.29, 0.717) is 18.0 Å². The molecule has 0 aliphatic rings. The Balaban J connectivity index is 1.63. The predicted octanol–water partition coefficient (Wildman–Crippen LogP) is 4.90. The molecule has 0 unspecified atom stereocenters. The first kappa shape index (κ1) is 19.0. The van der Waals surface area contributed by atoms with Crippen LogP contribution in [0.25, 0.3) is 6.08 Å². The molecular weight excluding hydrogens is 358 g/mol. The van der Waals surface area contributed by atoms with Crippen LogP contribution in [0.3, 0.4) is 0 Å². The zero-order valence-electron chi connectivity index (χ0n) is 15.3. The molecule has 3 rings (SSSR count). The molecule has 0 saturated heterocycles. The molecule has 3 aromatic rings. The number of hydrogen-bond acceptors (Lipinski definition) is 5. The van der Waals surface area contributed by atoms with Crippen LogP contribution in [-0.2, 0) is 9.53 Å². The highest BCUT2D eigenvalue weighted by molar-refractivity contribution is 6.02. The third kappa shape index (κ3) is 5.35. The Bertz CT molecular complexity index is 975. The largest absolute Gasteiger partial charge is 0.463 e. The molecule has 6 nitrogen and oxygen atoms in total. The van der Waals surface area contributed by atoms with Gasteiger partial charge in [0.15, 0.2) is 5.76 Å². The second-order valence-electron chi connectivity index (χ2n) is 5.70. The van der Waals surface area contributed by atoms with Gasteiger partial charge >= 0.3 is 5.97 Å². The van der Waals surface area contributed by atoms with Crippen LogP contribution in [0.15, 0.2) is 77.2 Å². The Hall–Kier alpha value is -3.80. The van der Waals surface area contributed by atoms with E-state index in [9.17, 15) is 9.59 Å². The van der Waals surface area contributed by atoms with Crippen LogP contribution in [0.2, 0.25) is 0 Å². The fourth-order valence-electron chi connectivity index (χ4n) is 2.37. The van der Waals surface area contributed by atoms with Gasteiger partial charge in [0.25, 0.3) is 11.9 Å². The molecule has 0 atom stereocenters. The summed E-state index contributed by atoms with van der Waals surface area (Å²) in [6, 6.07) is 19.3. The molecule has 28 heavy (non-hydrogen) atoms. The second-order valence-corrected chi connectivity index (χ2v) is 5.70. The van der Waals surface area contributed by atoms with Gasteiger partial charge in [-0.3, -0.25) is 4.79 Å². The number of esters is 1. The minimum Gasteiger partial charge on any atom is -0.463 e. The maximum Gasteiger partial charge on any atom is 0.330 e. The predicted molar refractivity (Wildman–Crippen MR) is 105 cm³/mol. The Morgan fingerprint density at radius 2 is 1.86 bits per heavy atom. The summed E-state index contributed by atoms with van der Waals surface area (Å²) in [4.78, 5) is 23.8. The molecule has 1 heterocycles. The molecule has 0 spiro atoms. The average Bonchev–Trinajstić information content (AvgIpc) is 3.16. The molecule has 0 fully saturated rings. The minimum atomic E-state index is -0.418. The van der Waals surface area contributed by atoms with Crippen LogP contribution in [0.5, 0.6) is 11.7 Å². The molecule has 1 aromatic heterocycles. The summed E-state index contributed by atoms with van der Waals surface area (Å²) in [5.74, 6) is 0.138. The highest BCUT2D eigenvalue weighted by atomic mass is 16.6. The van der Waals surface area contributed by atoms with Gasteiger partial charge in [0, 0.05) is 17.8 Å². The van der Waals surface area contributed by atoms with Gasteiger partial charge in [-0.1, -0.05) is 30.3 Å². The zero-order valence-corrected chi connectivity index (χ0v) is 15.3. The summed E-state index contributed by atoms with van der Waals surface area (Å²) in [7, 11) is 0. The van der Waals surface area contributed by atoms with E-state index < -0.39 is 11.9 Å². The number of rotatable bonds is 7. The Kier molecular flexibility index (Phi) is 6.25. The van der Waals surface area contributed by atoms with Crippen molar-refractivity contribution < 1.29 is 23.5 Å². The van der Waals surface area contributed by atoms with Crippen LogP contribution in [0, 0.1) is 0 Å². The number of carbonyl (C=O) groups excluding carboxylic acids is 2. The van der Waals surface area contributed by atoms with Gasteiger partial charge in [0.05, 0.1) is 6.61 Å². The van der Waals surface area contributed by atoms with Crippen molar-refractivity contribution in [3.8, 4) is 11.7 Å². The molecule has 1 amide bonds. The number of carbonyl (C=O) groups is 2. The van der Waals surface area contributed by atoms with Crippen molar-refractivity contribution >= 4 is 23.6 Å². The fourth-order valence-corrected chi connectivity index (χ4v) is 2.37. The van der Waals surface area contributed by atoms with E-state index in [1.807, 2.05) is 24.3 Å². The molecule has 142 valence electrons. The van der Waals surface area contributed by atoms with Gasteiger partial charge in [-0.05, 0) is 48.9 Å². The van der Waals surface area contributed by atoms with E-state index in [1.54, 1.807) is 49.4 Å². The summed E-state index contributed by atoms with van der Waals surface area (Å²) >= 11 is 0. The first-order chi connectivity index (χ1) is 13.6. The minimum absolute atomic E-state index is 0.124. The SMILES string of the molecule is CCOC(=O)/C=C/c1cccc(NC(=O)c2ccc(Oc3ccccc3)o2)c1. The highest BCUT2D eigenvalue weighted by Crippen LogP contribution is 2.24. The highest BCUT2D eigenvalue weighted by Gasteiger charge is 2.13. The topological polar surface area (TPSA) is 77.8 Å². The molecule has 2 aromatic carbocycles. The van der Waals surface area contributed by atoms with E-state index in [0.717, 1.165) is 5.56 Å². The van der Waals surface area contributed by atoms with Crippen molar-refractivity contribution in [1.82, 2.24) is 0 Å². The Morgan fingerprint density at radius 1 is 1.04 bits per heavy atom. The summed E-state index contributed by atoms with van der Waals surface area (Å²) in [5, 5.41) is 2.75. The summed E-state index contributed by atoms with van der Waals surface area (Å²) < 4.78 is 15.8. The van der Waals surface area contributed by atoms with Crippen LogP contribution in [-0.4, -0.2) is 18.5 Å². The molecule has 0 radical (unpaired) electrons. The number of anilines is 1. The normalized spacial score (nSPS) is 10.6. The third-order valence-corrected chi connectivity index (χ3v) is 3.61. The van der Waals surface area contributed by atoms with E-state index >= 15 is 0 Å². The molecule has 0 saturated carbocycles. The molecule has 0 aliphatic heterocycles. The quantitative estimate of drug-likeness (QED) is 0.468. The van der Waals surface area contributed by atoms with Crippen molar-refractivity contribution in [1.29, 1.82) is 0 Å². The number of nitrogens with one attached hydrogen (secondary N) is 1. The van der Waals surface area contributed by atoms with Gasteiger partial charge in [-0.15, -0.1) is 0 Å². The van der Waals surface area contributed by atoms with Gasteiger partial charge < -0.3 is 19.2 Å². The van der Waals surface area contributed by atoms with Crippen molar-refractivity contribution in [3.05, 3.63) is 84.1 Å². The average molecular weight is 377 g/mol. The standard InChI is InChI=1S/C22H19NO5/c1-2-26-20(24)13-11-16-7-6-8-17(15-16)23-22(25)19-12-14-21(28-19)27-18-9-4-3-5-10-18/h3-15H,2H2,1H3,(H,23,25)/b13-11+. The van der Waals surface area contributed by atoms with Crippen molar-refractivity contribution in [2.24, 2.45) is 0 Å². The van der Waals surface area contributed by atoms with Gasteiger partial charge in [0.1, 0.15) is 5.75 Å². The van der Waals surface area contributed by atoms with E-state index in [2.05, 4.69) is 5.32 Å². The zero-order chi connectivity index (χ0) is 19.8. The monoisotopic (exact) mass is 377 g/mol. The lowest BCUT2D eigenvalue weighted by Gasteiger charge is -2.04. The van der Waals surface area contributed by atoms with Crippen LogP contribution < -0.4 is 10.1 Å². The van der Waals surface area contributed by atoms with Crippen LogP contribution in [0.1, 0.15) is 23.0 Å². The molecule has 0 bridgehead atoms. The van der Waals surface area contributed by atoms with Crippen molar-refractivity contribution in [2.75, 3.05) is 11.9 Å². The number of benzene rings is 2. The van der Waals surface area contributed by atoms with Crippen LogP contribution in [0.4, 0.5) is 5.69 Å². The first-order valence-corrected chi connectivity index (χ1v) is 8.73. The number of furan rings is 1. The molecule has 0 aliphatic carbocycles. The van der Waals surface area contributed by atoms with E-state index in [4.69, 9.17) is 13.9 Å².